The molecule has 0 unspecified atom stereocenters. The highest BCUT2D eigenvalue weighted by Gasteiger charge is 1.96. The van der Waals surface area contributed by atoms with Crippen LogP contribution in [-0.2, 0) is 4.43 Å². The molecule has 0 saturated carbocycles. The zero-order chi connectivity index (χ0) is 15.6. The minimum atomic E-state index is -0.763. The summed E-state index contributed by atoms with van der Waals surface area (Å²) in [6.07, 6.45) is 21.5. The molecular weight excluding hydrogens is 272 g/mol. The summed E-state index contributed by atoms with van der Waals surface area (Å²) < 4.78 is 5.69. The van der Waals surface area contributed by atoms with Gasteiger partial charge in [-0.2, -0.15) is 0 Å². The van der Waals surface area contributed by atoms with Crippen LogP contribution in [0.25, 0.3) is 0 Å². The van der Waals surface area contributed by atoms with Gasteiger partial charge in [0.05, 0.1) is 0 Å². The van der Waals surface area contributed by atoms with Crippen molar-refractivity contribution in [1.29, 1.82) is 0 Å². The summed E-state index contributed by atoms with van der Waals surface area (Å²) in [4.78, 5) is 0. The molecular formula is C19H42OSi. The lowest BCUT2D eigenvalue weighted by Crippen LogP contribution is -2.08. The molecule has 0 heterocycles. The average Bonchev–Trinajstić information content (AvgIpc) is 2.46. The number of rotatable bonds is 17. The molecule has 2 heteroatoms. The summed E-state index contributed by atoms with van der Waals surface area (Å²) in [5.74, 6) is 0. The lowest BCUT2D eigenvalue weighted by Gasteiger charge is -2.06. The van der Waals surface area contributed by atoms with Crippen molar-refractivity contribution in [3.8, 4) is 0 Å². The van der Waals surface area contributed by atoms with Crippen molar-refractivity contribution in [1.82, 2.24) is 0 Å². The van der Waals surface area contributed by atoms with Gasteiger partial charge < -0.3 is 4.43 Å². The Morgan fingerprint density at radius 2 is 0.857 bits per heavy atom. The SMILES string of the molecule is CCCCCCCCCCCCCCCCCO[SiH](C)C. The first kappa shape index (κ1) is 21.2. The van der Waals surface area contributed by atoms with E-state index in [0.717, 1.165) is 6.61 Å². The highest BCUT2D eigenvalue weighted by molar-refractivity contribution is 6.48. The zero-order valence-corrected chi connectivity index (χ0v) is 16.5. The third-order valence-corrected chi connectivity index (χ3v) is 5.10. The molecule has 0 saturated heterocycles. The van der Waals surface area contributed by atoms with Crippen LogP contribution < -0.4 is 0 Å². The average molecular weight is 315 g/mol. The Hall–Kier alpha value is 0.177. The minimum Gasteiger partial charge on any atom is -0.421 e. The van der Waals surface area contributed by atoms with E-state index in [1.165, 1.54) is 96.3 Å². The largest absolute Gasteiger partial charge is 0.421 e. The van der Waals surface area contributed by atoms with Crippen molar-refractivity contribution < 1.29 is 4.43 Å². The van der Waals surface area contributed by atoms with Crippen LogP contribution in [0.3, 0.4) is 0 Å². The molecule has 0 aromatic heterocycles. The molecule has 0 amide bonds. The fourth-order valence-electron chi connectivity index (χ4n) is 2.79. The van der Waals surface area contributed by atoms with Gasteiger partial charge in [0.15, 0.2) is 9.04 Å². The Labute approximate surface area is 137 Å². The Bertz CT molecular complexity index is 182. The molecule has 0 atom stereocenters. The summed E-state index contributed by atoms with van der Waals surface area (Å²) in [6, 6.07) is 0. The lowest BCUT2D eigenvalue weighted by molar-refractivity contribution is 0.311. The Balaban J connectivity index is 2.93. The van der Waals surface area contributed by atoms with Crippen LogP contribution >= 0.6 is 0 Å². The van der Waals surface area contributed by atoms with Gasteiger partial charge in [0.25, 0.3) is 0 Å². The molecule has 0 radical (unpaired) electrons. The van der Waals surface area contributed by atoms with Gasteiger partial charge in [-0.25, -0.2) is 0 Å². The van der Waals surface area contributed by atoms with E-state index in [1.54, 1.807) is 0 Å². The van der Waals surface area contributed by atoms with E-state index in [2.05, 4.69) is 20.0 Å². The summed E-state index contributed by atoms with van der Waals surface area (Å²) in [5, 5.41) is 0. The van der Waals surface area contributed by atoms with E-state index in [1.807, 2.05) is 0 Å². The van der Waals surface area contributed by atoms with Crippen LogP contribution in [0.15, 0.2) is 0 Å². The molecule has 0 aliphatic rings. The van der Waals surface area contributed by atoms with E-state index in [-0.39, 0.29) is 0 Å². The quantitative estimate of drug-likeness (QED) is 0.210. The number of unbranched alkanes of at least 4 members (excludes halogenated alkanes) is 14. The second-order valence-corrected chi connectivity index (χ2v) is 9.30. The Morgan fingerprint density at radius 1 is 0.524 bits per heavy atom. The summed E-state index contributed by atoms with van der Waals surface area (Å²) in [7, 11) is -0.763. The molecule has 0 aromatic carbocycles. The van der Waals surface area contributed by atoms with Crippen molar-refractivity contribution in [2.24, 2.45) is 0 Å². The van der Waals surface area contributed by atoms with Crippen LogP contribution in [0.2, 0.25) is 13.1 Å². The lowest BCUT2D eigenvalue weighted by atomic mass is 10.0. The van der Waals surface area contributed by atoms with Gasteiger partial charge in [0.2, 0.25) is 0 Å². The topological polar surface area (TPSA) is 9.23 Å². The molecule has 0 aliphatic heterocycles. The smallest absolute Gasteiger partial charge is 0.170 e. The van der Waals surface area contributed by atoms with Gasteiger partial charge in [-0.1, -0.05) is 96.8 Å². The first-order chi connectivity index (χ1) is 10.3. The molecule has 0 rings (SSSR count). The van der Waals surface area contributed by atoms with Crippen LogP contribution in [0.5, 0.6) is 0 Å². The van der Waals surface area contributed by atoms with Gasteiger partial charge in [0, 0.05) is 6.61 Å². The van der Waals surface area contributed by atoms with E-state index >= 15 is 0 Å². The van der Waals surface area contributed by atoms with Crippen molar-refractivity contribution in [3.05, 3.63) is 0 Å². The Kier molecular flexibility index (Phi) is 18.4. The van der Waals surface area contributed by atoms with E-state index in [0.29, 0.717) is 0 Å². The number of hydrogen-bond acceptors (Lipinski definition) is 1. The second kappa shape index (κ2) is 18.2. The fraction of sp³-hybridized carbons (Fsp3) is 1.00. The Morgan fingerprint density at radius 3 is 1.19 bits per heavy atom. The summed E-state index contributed by atoms with van der Waals surface area (Å²) in [6.45, 7) is 7.82. The first-order valence-corrected chi connectivity index (χ1v) is 12.7. The molecule has 21 heavy (non-hydrogen) atoms. The minimum absolute atomic E-state index is 0.763. The second-order valence-electron chi connectivity index (χ2n) is 6.87. The van der Waals surface area contributed by atoms with Gasteiger partial charge in [-0.3, -0.25) is 0 Å². The molecule has 0 bridgehead atoms. The van der Waals surface area contributed by atoms with Crippen molar-refractivity contribution in [2.75, 3.05) is 6.61 Å². The van der Waals surface area contributed by atoms with Crippen LogP contribution in [-0.4, -0.2) is 15.6 Å². The maximum absolute atomic E-state index is 5.69. The van der Waals surface area contributed by atoms with Gasteiger partial charge in [-0.15, -0.1) is 0 Å². The highest BCUT2D eigenvalue weighted by atomic mass is 28.3. The third-order valence-electron chi connectivity index (χ3n) is 4.20. The zero-order valence-electron chi connectivity index (χ0n) is 15.3. The fourth-order valence-corrected chi connectivity index (χ4v) is 3.43. The normalized spacial score (nSPS) is 11.4. The molecule has 0 aromatic rings. The highest BCUT2D eigenvalue weighted by Crippen LogP contribution is 2.13. The van der Waals surface area contributed by atoms with Crippen molar-refractivity contribution >= 4 is 9.04 Å². The van der Waals surface area contributed by atoms with Gasteiger partial charge in [0.1, 0.15) is 0 Å². The van der Waals surface area contributed by atoms with Crippen LogP contribution in [0.4, 0.5) is 0 Å². The molecule has 128 valence electrons. The van der Waals surface area contributed by atoms with E-state index in [4.69, 9.17) is 4.43 Å². The maximum atomic E-state index is 5.69. The molecule has 0 aliphatic carbocycles. The van der Waals surface area contributed by atoms with Crippen molar-refractivity contribution in [3.63, 3.8) is 0 Å². The monoisotopic (exact) mass is 314 g/mol. The molecule has 0 N–H and O–H groups in total. The number of hydrogen-bond donors (Lipinski definition) is 0. The van der Waals surface area contributed by atoms with E-state index < -0.39 is 9.04 Å². The van der Waals surface area contributed by atoms with Crippen LogP contribution in [0.1, 0.15) is 103 Å². The summed E-state index contributed by atoms with van der Waals surface area (Å²) >= 11 is 0. The van der Waals surface area contributed by atoms with Gasteiger partial charge >= 0.3 is 0 Å². The standard InChI is InChI=1S/C19H42OSi/c1-4-5-6-7-8-9-10-11-12-13-14-15-16-17-18-19-20-21(2)3/h21H,4-19H2,1-3H3. The first-order valence-electron chi connectivity index (χ1n) is 9.89. The van der Waals surface area contributed by atoms with E-state index in [9.17, 15) is 0 Å². The van der Waals surface area contributed by atoms with Gasteiger partial charge in [-0.05, 0) is 19.5 Å². The van der Waals surface area contributed by atoms with Crippen molar-refractivity contribution in [2.45, 2.75) is 116 Å². The molecule has 0 fully saturated rings. The van der Waals surface area contributed by atoms with Crippen LogP contribution in [0, 0.1) is 0 Å². The molecule has 0 spiro atoms. The predicted molar refractivity (Wildman–Crippen MR) is 99.8 cm³/mol. The summed E-state index contributed by atoms with van der Waals surface area (Å²) in [5.41, 5.74) is 0. The third kappa shape index (κ3) is 20.2. The maximum Gasteiger partial charge on any atom is 0.170 e. The molecule has 1 nitrogen and oxygen atoms in total. The predicted octanol–water partition coefficient (Wildman–Crippen LogP) is 6.86.